The summed E-state index contributed by atoms with van der Waals surface area (Å²) in [6.45, 7) is 1.15. The van der Waals surface area contributed by atoms with Gasteiger partial charge in [-0.2, -0.15) is 0 Å². The summed E-state index contributed by atoms with van der Waals surface area (Å²) in [6.07, 6.45) is 1.30. The Hall–Kier alpha value is -1.23. The van der Waals surface area contributed by atoms with Gasteiger partial charge in [0.15, 0.2) is 11.5 Å². The molecule has 0 unspecified atom stereocenters. The molecule has 1 aromatic rings. The Kier molecular flexibility index (Phi) is 2.50. The van der Waals surface area contributed by atoms with Crippen LogP contribution < -0.4 is 14.4 Å². The summed E-state index contributed by atoms with van der Waals surface area (Å²) < 4.78 is 11.9. The molecule has 17 heavy (non-hydrogen) atoms. The van der Waals surface area contributed by atoms with Crippen molar-refractivity contribution in [3.63, 3.8) is 0 Å². The zero-order valence-electron chi connectivity index (χ0n) is 9.46. The van der Waals surface area contributed by atoms with Crippen LogP contribution in [0.25, 0.3) is 0 Å². The molecular formula is C12H12BrNO3. The standard InChI is InChI=1S/C12H12BrNO3/c1-16-11-8(13)6-7-2-4-14-9(15)3-5-17-12(11)10(7)14/h6H,2-5H2,1H3. The van der Waals surface area contributed by atoms with Crippen molar-refractivity contribution in [1.29, 1.82) is 0 Å². The molecule has 3 rings (SSSR count). The molecule has 0 aliphatic carbocycles. The summed E-state index contributed by atoms with van der Waals surface area (Å²) in [4.78, 5) is 13.7. The first-order chi connectivity index (χ1) is 8.22. The van der Waals surface area contributed by atoms with Crippen molar-refractivity contribution in [3.05, 3.63) is 16.1 Å². The second-order valence-electron chi connectivity index (χ2n) is 4.12. The van der Waals surface area contributed by atoms with Crippen molar-refractivity contribution in [3.8, 4) is 11.5 Å². The average Bonchev–Trinajstić information content (AvgIpc) is 2.64. The number of benzene rings is 1. The van der Waals surface area contributed by atoms with Crippen LogP contribution >= 0.6 is 15.9 Å². The number of rotatable bonds is 1. The van der Waals surface area contributed by atoms with Gasteiger partial charge in [0.2, 0.25) is 5.91 Å². The van der Waals surface area contributed by atoms with Crippen molar-refractivity contribution < 1.29 is 14.3 Å². The van der Waals surface area contributed by atoms with Crippen LogP contribution in [0.2, 0.25) is 0 Å². The van der Waals surface area contributed by atoms with E-state index in [9.17, 15) is 4.79 Å². The molecule has 1 amide bonds. The SMILES string of the molecule is COc1c(Br)cc2c3c1OCCC(=O)N3CC2. The van der Waals surface area contributed by atoms with Crippen molar-refractivity contribution >= 4 is 27.5 Å². The summed E-state index contributed by atoms with van der Waals surface area (Å²) in [7, 11) is 1.61. The minimum absolute atomic E-state index is 0.131. The molecule has 4 nitrogen and oxygen atoms in total. The van der Waals surface area contributed by atoms with Crippen LogP contribution in [-0.2, 0) is 11.2 Å². The molecule has 0 saturated heterocycles. The van der Waals surface area contributed by atoms with Gasteiger partial charge in [-0.25, -0.2) is 0 Å². The number of nitrogens with zero attached hydrogens (tertiary/aromatic N) is 1. The molecule has 90 valence electrons. The molecule has 0 spiro atoms. The Bertz CT molecular complexity index is 501. The number of hydrogen-bond donors (Lipinski definition) is 0. The Morgan fingerprint density at radius 3 is 3.06 bits per heavy atom. The smallest absolute Gasteiger partial charge is 0.230 e. The molecule has 0 aromatic heterocycles. The highest BCUT2D eigenvalue weighted by Crippen LogP contribution is 2.49. The van der Waals surface area contributed by atoms with E-state index in [1.807, 2.05) is 11.0 Å². The maximum atomic E-state index is 11.9. The highest BCUT2D eigenvalue weighted by molar-refractivity contribution is 9.10. The van der Waals surface area contributed by atoms with Gasteiger partial charge in [0.1, 0.15) is 0 Å². The van der Waals surface area contributed by atoms with E-state index in [1.165, 1.54) is 0 Å². The Morgan fingerprint density at radius 2 is 2.29 bits per heavy atom. The number of anilines is 1. The first-order valence-electron chi connectivity index (χ1n) is 5.55. The van der Waals surface area contributed by atoms with Crippen LogP contribution in [0.4, 0.5) is 5.69 Å². The molecule has 0 atom stereocenters. The van der Waals surface area contributed by atoms with Crippen LogP contribution in [0.5, 0.6) is 11.5 Å². The average molecular weight is 298 g/mol. The van der Waals surface area contributed by atoms with Crippen LogP contribution in [0.15, 0.2) is 10.5 Å². The summed E-state index contributed by atoms with van der Waals surface area (Å²) >= 11 is 3.48. The topological polar surface area (TPSA) is 38.8 Å². The first kappa shape index (κ1) is 10.9. The van der Waals surface area contributed by atoms with E-state index in [-0.39, 0.29) is 5.91 Å². The van der Waals surface area contributed by atoms with Crippen LogP contribution in [-0.4, -0.2) is 26.2 Å². The zero-order chi connectivity index (χ0) is 12.0. The van der Waals surface area contributed by atoms with Gasteiger partial charge in [0.05, 0.1) is 30.3 Å². The van der Waals surface area contributed by atoms with E-state index in [2.05, 4.69) is 15.9 Å². The number of carbonyl (C=O) groups is 1. The molecule has 2 aliphatic rings. The second-order valence-corrected chi connectivity index (χ2v) is 4.98. The van der Waals surface area contributed by atoms with Gasteiger partial charge in [-0.1, -0.05) is 0 Å². The molecule has 0 fully saturated rings. The second kappa shape index (κ2) is 3.91. The summed E-state index contributed by atoms with van der Waals surface area (Å²) in [5, 5.41) is 0. The van der Waals surface area contributed by atoms with Crippen molar-refractivity contribution in [2.75, 3.05) is 25.2 Å². The Balaban J connectivity index is 2.25. The van der Waals surface area contributed by atoms with Gasteiger partial charge >= 0.3 is 0 Å². The normalized spacial score (nSPS) is 17.5. The maximum Gasteiger partial charge on any atom is 0.230 e. The molecule has 1 aromatic carbocycles. The van der Waals surface area contributed by atoms with Crippen molar-refractivity contribution in [1.82, 2.24) is 0 Å². The van der Waals surface area contributed by atoms with E-state index in [0.29, 0.717) is 24.5 Å². The summed E-state index contributed by atoms with van der Waals surface area (Å²) in [6, 6.07) is 2.01. The lowest BCUT2D eigenvalue weighted by Gasteiger charge is -2.18. The number of carbonyl (C=O) groups excluding carboxylic acids is 1. The van der Waals surface area contributed by atoms with Gasteiger partial charge in [-0.15, -0.1) is 0 Å². The van der Waals surface area contributed by atoms with Crippen LogP contribution in [0, 0.1) is 0 Å². The molecule has 2 heterocycles. The molecular weight excluding hydrogens is 286 g/mol. The fourth-order valence-corrected chi connectivity index (χ4v) is 3.05. The molecule has 5 heteroatoms. The van der Waals surface area contributed by atoms with Gasteiger partial charge in [0, 0.05) is 6.54 Å². The minimum Gasteiger partial charge on any atom is -0.492 e. The third kappa shape index (κ3) is 1.52. The lowest BCUT2D eigenvalue weighted by molar-refractivity contribution is -0.118. The molecule has 0 bridgehead atoms. The van der Waals surface area contributed by atoms with Crippen molar-refractivity contribution in [2.24, 2.45) is 0 Å². The third-order valence-corrected chi connectivity index (χ3v) is 3.77. The minimum atomic E-state index is 0.131. The molecule has 0 saturated carbocycles. The van der Waals surface area contributed by atoms with E-state index >= 15 is 0 Å². The lowest BCUT2D eigenvalue weighted by atomic mass is 10.1. The molecule has 0 radical (unpaired) electrons. The number of methoxy groups -OCH3 is 1. The van der Waals surface area contributed by atoms with Crippen LogP contribution in [0.1, 0.15) is 12.0 Å². The largest absolute Gasteiger partial charge is 0.492 e. The van der Waals surface area contributed by atoms with Gasteiger partial charge in [0.25, 0.3) is 0 Å². The maximum absolute atomic E-state index is 11.9. The zero-order valence-corrected chi connectivity index (χ0v) is 11.0. The predicted octanol–water partition coefficient (Wildman–Crippen LogP) is 2.13. The lowest BCUT2D eigenvalue weighted by Crippen LogP contribution is -2.28. The monoisotopic (exact) mass is 297 g/mol. The van der Waals surface area contributed by atoms with Crippen molar-refractivity contribution in [2.45, 2.75) is 12.8 Å². The Morgan fingerprint density at radius 1 is 1.47 bits per heavy atom. The predicted molar refractivity (Wildman–Crippen MR) is 66.9 cm³/mol. The number of amides is 1. The van der Waals surface area contributed by atoms with Gasteiger partial charge < -0.3 is 14.4 Å². The van der Waals surface area contributed by atoms with E-state index in [1.54, 1.807) is 7.11 Å². The fourth-order valence-electron chi connectivity index (χ4n) is 2.43. The molecule has 2 aliphatic heterocycles. The summed E-state index contributed by atoms with van der Waals surface area (Å²) in [5.74, 6) is 1.50. The van der Waals surface area contributed by atoms with Crippen LogP contribution in [0.3, 0.4) is 0 Å². The van der Waals surface area contributed by atoms with Gasteiger partial charge in [-0.05, 0) is 34.0 Å². The Labute approximate surface area is 108 Å². The number of hydrogen-bond acceptors (Lipinski definition) is 3. The van der Waals surface area contributed by atoms with E-state index in [0.717, 1.165) is 28.7 Å². The third-order valence-electron chi connectivity index (χ3n) is 3.19. The highest BCUT2D eigenvalue weighted by atomic mass is 79.9. The number of halogens is 1. The summed E-state index contributed by atoms with van der Waals surface area (Å²) in [5.41, 5.74) is 2.04. The van der Waals surface area contributed by atoms with Gasteiger partial charge in [-0.3, -0.25) is 4.79 Å². The molecule has 0 N–H and O–H groups in total. The highest BCUT2D eigenvalue weighted by Gasteiger charge is 2.33. The van der Waals surface area contributed by atoms with E-state index < -0.39 is 0 Å². The fraction of sp³-hybridized carbons (Fsp3) is 0.417. The quantitative estimate of drug-likeness (QED) is 0.797. The van der Waals surface area contributed by atoms with E-state index in [4.69, 9.17) is 9.47 Å². The first-order valence-corrected chi connectivity index (χ1v) is 6.34. The number of ether oxygens (including phenoxy) is 2.